The van der Waals surface area contributed by atoms with Gasteiger partial charge in [-0.1, -0.05) is 12.1 Å². The van der Waals surface area contributed by atoms with Crippen molar-refractivity contribution in [1.82, 2.24) is 19.6 Å². The Hall–Kier alpha value is -3.88. The van der Waals surface area contributed by atoms with Crippen LogP contribution in [-0.4, -0.2) is 58.7 Å². The molecule has 1 saturated heterocycles. The smallest absolute Gasteiger partial charge is 0.252 e. The van der Waals surface area contributed by atoms with E-state index in [1.165, 1.54) is 6.92 Å². The van der Waals surface area contributed by atoms with Crippen molar-refractivity contribution in [1.29, 1.82) is 0 Å². The van der Waals surface area contributed by atoms with Crippen molar-refractivity contribution >= 4 is 34.9 Å². The molecule has 0 atom stereocenters. The summed E-state index contributed by atoms with van der Waals surface area (Å²) in [5, 5.41) is 5.74. The fourth-order valence-corrected chi connectivity index (χ4v) is 4.50. The Labute approximate surface area is 205 Å². The SMILES string of the molecule is CC(=O)Nc1ccc(CN(C)c2c(C)nc3ccc(C(=O)NCCCN4CCCC4=O)cn23)cc1. The molecule has 2 N–H and O–H groups in total. The quantitative estimate of drug-likeness (QED) is 0.463. The van der Waals surface area contributed by atoms with Gasteiger partial charge in [-0.15, -0.1) is 0 Å². The first-order valence-electron chi connectivity index (χ1n) is 11.9. The first-order chi connectivity index (χ1) is 16.8. The van der Waals surface area contributed by atoms with Crippen LogP contribution in [0.4, 0.5) is 11.5 Å². The Morgan fingerprint density at radius 2 is 1.91 bits per heavy atom. The maximum absolute atomic E-state index is 12.8. The number of fused-ring (bicyclic) bond motifs is 1. The number of aromatic nitrogens is 2. The average Bonchev–Trinajstić information content (AvgIpc) is 3.38. The third kappa shape index (κ3) is 5.79. The third-order valence-electron chi connectivity index (χ3n) is 6.14. The number of pyridine rings is 1. The predicted octanol–water partition coefficient (Wildman–Crippen LogP) is 2.98. The lowest BCUT2D eigenvalue weighted by Crippen LogP contribution is -2.30. The Morgan fingerprint density at radius 1 is 1.14 bits per heavy atom. The molecule has 0 radical (unpaired) electrons. The lowest BCUT2D eigenvalue weighted by atomic mass is 10.2. The van der Waals surface area contributed by atoms with E-state index < -0.39 is 0 Å². The molecule has 3 aromatic rings. The number of amides is 3. The number of hydrogen-bond acceptors (Lipinski definition) is 5. The number of rotatable bonds is 9. The molecule has 0 spiro atoms. The molecule has 4 rings (SSSR count). The summed E-state index contributed by atoms with van der Waals surface area (Å²) in [5.41, 5.74) is 4.05. The van der Waals surface area contributed by atoms with Crippen molar-refractivity contribution in [2.24, 2.45) is 0 Å². The van der Waals surface area contributed by atoms with E-state index in [-0.39, 0.29) is 17.7 Å². The van der Waals surface area contributed by atoms with Gasteiger partial charge in [0, 0.05) is 58.5 Å². The highest BCUT2D eigenvalue weighted by Crippen LogP contribution is 2.24. The lowest BCUT2D eigenvalue weighted by Gasteiger charge is -2.20. The Bertz CT molecular complexity index is 1230. The van der Waals surface area contributed by atoms with Gasteiger partial charge in [-0.25, -0.2) is 4.98 Å². The average molecular weight is 477 g/mol. The molecule has 1 fully saturated rings. The normalized spacial score (nSPS) is 13.3. The van der Waals surface area contributed by atoms with Crippen LogP contribution in [0.15, 0.2) is 42.6 Å². The zero-order valence-corrected chi connectivity index (χ0v) is 20.5. The van der Waals surface area contributed by atoms with Crippen LogP contribution in [0.5, 0.6) is 0 Å². The molecule has 9 heteroatoms. The standard InChI is InChI=1S/C26H32N6O3/c1-18-26(30(3)16-20-7-10-22(11-8-20)29-19(2)33)32-17-21(9-12-23(32)28-18)25(35)27-13-5-15-31-14-4-6-24(31)34/h7-12,17H,4-6,13-16H2,1-3H3,(H,27,35)(H,29,33). The highest BCUT2D eigenvalue weighted by atomic mass is 16.2. The fourth-order valence-electron chi connectivity index (χ4n) is 4.50. The van der Waals surface area contributed by atoms with E-state index in [1.54, 1.807) is 6.07 Å². The minimum absolute atomic E-state index is 0.0993. The molecular formula is C26H32N6O3. The summed E-state index contributed by atoms with van der Waals surface area (Å²) in [6.45, 7) is 6.10. The molecule has 0 unspecified atom stereocenters. The topological polar surface area (TPSA) is 99.0 Å². The van der Waals surface area contributed by atoms with E-state index in [2.05, 4.69) is 20.5 Å². The predicted molar refractivity (Wildman–Crippen MR) is 136 cm³/mol. The molecule has 9 nitrogen and oxygen atoms in total. The summed E-state index contributed by atoms with van der Waals surface area (Å²) in [7, 11) is 1.99. The van der Waals surface area contributed by atoms with Crippen LogP contribution in [0.3, 0.4) is 0 Å². The van der Waals surface area contributed by atoms with Crippen molar-refractivity contribution in [3.63, 3.8) is 0 Å². The Kier molecular flexibility index (Phi) is 7.33. The van der Waals surface area contributed by atoms with Crippen molar-refractivity contribution in [3.8, 4) is 0 Å². The van der Waals surface area contributed by atoms with E-state index in [4.69, 9.17) is 0 Å². The van der Waals surface area contributed by atoms with Crippen LogP contribution in [-0.2, 0) is 16.1 Å². The zero-order chi connectivity index (χ0) is 24.9. The molecule has 1 aliphatic heterocycles. The van der Waals surface area contributed by atoms with E-state index in [9.17, 15) is 14.4 Å². The maximum Gasteiger partial charge on any atom is 0.252 e. The van der Waals surface area contributed by atoms with Crippen LogP contribution in [0.25, 0.3) is 5.65 Å². The summed E-state index contributed by atoms with van der Waals surface area (Å²) in [6.07, 6.45) is 4.11. The number of nitrogens with one attached hydrogen (secondary N) is 2. The van der Waals surface area contributed by atoms with Gasteiger partial charge in [0.1, 0.15) is 11.5 Å². The molecule has 2 aromatic heterocycles. The first kappa shape index (κ1) is 24.3. The summed E-state index contributed by atoms with van der Waals surface area (Å²) < 4.78 is 1.94. The van der Waals surface area contributed by atoms with Crippen LogP contribution < -0.4 is 15.5 Å². The second kappa shape index (κ2) is 10.6. The number of carbonyl (C=O) groups is 3. The van der Waals surface area contributed by atoms with Gasteiger partial charge in [0.05, 0.1) is 11.3 Å². The van der Waals surface area contributed by atoms with Gasteiger partial charge in [0.15, 0.2) is 0 Å². The molecule has 0 bridgehead atoms. The number of hydrogen-bond donors (Lipinski definition) is 2. The van der Waals surface area contributed by atoms with Crippen molar-refractivity contribution < 1.29 is 14.4 Å². The molecule has 3 amide bonds. The van der Waals surface area contributed by atoms with Crippen molar-refractivity contribution in [2.45, 2.75) is 39.7 Å². The monoisotopic (exact) mass is 476 g/mol. The summed E-state index contributed by atoms with van der Waals surface area (Å²) in [4.78, 5) is 44.3. The molecule has 3 heterocycles. The lowest BCUT2D eigenvalue weighted by molar-refractivity contribution is -0.127. The number of anilines is 2. The van der Waals surface area contributed by atoms with Crippen LogP contribution >= 0.6 is 0 Å². The zero-order valence-electron chi connectivity index (χ0n) is 20.5. The van der Waals surface area contributed by atoms with Gasteiger partial charge in [0.25, 0.3) is 5.91 Å². The number of nitrogens with zero attached hydrogens (tertiary/aromatic N) is 4. The number of carbonyl (C=O) groups excluding carboxylic acids is 3. The summed E-state index contributed by atoms with van der Waals surface area (Å²) >= 11 is 0. The summed E-state index contributed by atoms with van der Waals surface area (Å²) in [5.74, 6) is 0.872. The van der Waals surface area contributed by atoms with Gasteiger partial charge < -0.3 is 20.4 Å². The number of aryl methyl sites for hydroxylation is 1. The highest BCUT2D eigenvalue weighted by Gasteiger charge is 2.19. The maximum atomic E-state index is 12.8. The largest absolute Gasteiger partial charge is 0.355 e. The van der Waals surface area contributed by atoms with Crippen LogP contribution in [0.2, 0.25) is 0 Å². The molecule has 0 saturated carbocycles. The molecule has 0 aliphatic carbocycles. The van der Waals surface area contributed by atoms with Gasteiger partial charge in [-0.3, -0.25) is 18.8 Å². The van der Waals surface area contributed by atoms with E-state index in [1.807, 2.05) is 59.8 Å². The molecule has 1 aromatic carbocycles. The van der Waals surface area contributed by atoms with Crippen molar-refractivity contribution in [3.05, 3.63) is 59.4 Å². The molecule has 1 aliphatic rings. The number of benzene rings is 1. The van der Waals surface area contributed by atoms with Crippen LogP contribution in [0.1, 0.15) is 47.8 Å². The third-order valence-corrected chi connectivity index (χ3v) is 6.14. The Balaban J connectivity index is 1.42. The number of imidazole rings is 1. The number of likely N-dealkylation sites (tertiary alicyclic amines) is 1. The van der Waals surface area contributed by atoms with Gasteiger partial charge >= 0.3 is 0 Å². The first-order valence-corrected chi connectivity index (χ1v) is 11.9. The Morgan fingerprint density at radius 3 is 2.60 bits per heavy atom. The summed E-state index contributed by atoms with van der Waals surface area (Å²) in [6, 6.07) is 11.4. The second-order valence-corrected chi connectivity index (χ2v) is 8.99. The molecule has 35 heavy (non-hydrogen) atoms. The molecular weight excluding hydrogens is 444 g/mol. The van der Waals surface area contributed by atoms with E-state index >= 15 is 0 Å². The minimum Gasteiger partial charge on any atom is -0.355 e. The van der Waals surface area contributed by atoms with Gasteiger partial charge in [-0.2, -0.15) is 0 Å². The van der Waals surface area contributed by atoms with Gasteiger partial charge in [0.2, 0.25) is 11.8 Å². The van der Waals surface area contributed by atoms with Crippen molar-refractivity contribution in [2.75, 3.05) is 36.9 Å². The van der Waals surface area contributed by atoms with E-state index in [0.717, 1.165) is 47.8 Å². The minimum atomic E-state index is -0.145. The van der Waals surface area contributed by atoms with Gasteiger partial charge in [-0.05, 0) is 49.6 Å². The molecule has 184 valence electrons. The second-order valence-electron chi connectivity index (χ2n) is 8.99. The fraction of sp³-hybridized carbons (Fsp3) is 0.385. The highest BCUT2D eigenvalue weighted by molar-refractivity contribution is 5.94. The van der Waals surface area contributed by atoms with E-state index in [0.29, 0.717) is 31.6 Å². The van der Waals surface area contributed by atoms with Crippen LogP contribution in [0, 0.1) is 6.92 Å².